The van der Waals surface area contributed by atoms with Gasteiger partial charge in [0.2, 0.25) is 0 Å². The van der Waals surface area contributed by atoms with Crippen molar-refractivity contribution < 1.29 is 13.2 Å². The van der Waals surface area contributed by atoms with Gasteiger partial charge in [0.25, 0.3) is 5.17 Å². The highest BCUT2D eigenvalue weighted by atomic mass is 32.2. The monoisotopic (exact) mass is 279 g/mol. The highest BCUT2D eigenvalue weighted by Crippen LogP contribution is 2.11. The molecule has 1 N–H and O–H groups in total. The highest BCUT2D eigenvalue weighted by Gasteiger charge is 2.28. The second-order valence-corrected chi connectivity index (χ2v) is 7.04. The first-order valence-corrected chi connectivity index (χ1v) is 8.40. The molecular weight excluding hydrogens is 258 g/mol. The molecule has 1 aliphatic heterocycles. The van der Waals surface area contributed by atoms with Crippen molar-refractivity contribution in [1.82, 2.24) is 5.32 Å². The van der Waals surface area contributed by atoms with E-state index in [4.69, 9.17) is 17.0 Å². The van der Waals surface area contributed by atoms with Gasteiger partial charge in [0, 0.05) is 6.04 Å². The molecule has 17 heavy (non-hydrogen) atoms. The van der Waals surface area contributed by atoms with Crippen molar-refractivity contribution in [2.45, 2.75) is 45.1 Å². The minimum absolute atomic E-state index is 0.0665. The third-order valence-corrected chi connectivity index (χ3v) is 4.79. The van der Waals surface area contributed by atoms with Gasteiger partial charge in [0.15, 0.2) is 9.84 Å². The Bertz CT molecular complexity index is 341. The lowest BCUT2D eigenvalue weighted by Gasteiger charge is -2.13. The lowest BCUT2D eigenvalue weighted by atomic mass is 10.2. The van der Waals surface area contributed by atoms with Crippen LogP contribution in [0.1, 0.15) is 39.0 Å². The van der Waals surface area contributed by atoms with Crippen LogP contribution in [0.4, 0.5) is 0 Å². The van der Waals surface area contributed by atoms with Crippen molar-refractivity contribution in [3.8, 4) is 0 Å². The molecular formula is C11H21NO3S2. The van der Waals surface area contributed by atoms with Crippen LogP contribution in [-0.4, -0.2) is 37.7 Å². The maximum atomic E-state index is 11.2. The van der Waals surface area contributed by atoms with Gasteiger partial charge >= 0.3 is 0 Å². The number of hydrogen-bond acceptors (Lipinski definition) is 4. The zero-order chi connectivity index (χ0) is 12.7. The molecule has 1 aliphatic rings. The first-order chi connectivity index (χ1) is 8.03. The minimum Gasteiger partial charge on any atom is -0.471 e. The topological polar surface area (TPSA) is 55.4 Å². The van der Waals surface area contributed by atoms with E-state index < -0.39 is 9.84 Å². The summed E-state index contributed by atoms with van der Waals surface area (Å²) in [6.45, 7) is 2.78. The lowest BCUT2D eigenvalue weighted by Crippen LogP contribution is -2.35. The summed E-state index contributed by atoms with van der Waals surface area (Å²) in [5.74, 6) is 0.427. The Morgan fingerprint density at radius 3 is 2.76 bits per heavy atom. The fourth-order valence-corrected chi connectivity index (χ4v) is 3.73. The van der Waals surface area contributed by atoms with Gasteiger partial charge in [-0.3, -0.25) is 0 Å². The summed E-state index contributed by atoms with van der Waals surface area (Å²) < 4.78 is 27.8. The number of unbranched alkanes of at least 4 members (excludes halogenated alkanes) is 3. The molecule has 0 aromatic carbocycles. The Labute approximate surface area is 109 Å². The van der Waals surface area contributed by atoms with Crippen molar-refractivity contribution in [2.24, 2.45) is 0 Å². The second kappa shape index (κ2) is 7.16. The first kappa shape index (κ1) is 14.7. The van der Waals surface area contributed by atoms with E-state index in [1.807, 2.05) is 0 Å². The molecule has 0 aromatic heterocycles. The average molecular weight is 279 g/mol. The molecule has 1 unspecified atom stereocenters. The van der Waals surface area contributed by atoms with Crippen LogP contribution in [0.2, 0.25) is 0 Å². The molecule has 100 valence electrons. The molecule has 0 aliphatic carbocycles. The number of rotatable bonds is 6. The first-order valence-electron chi connectivity index (χ1n) is 6.17. The molecule has 0 saturated carbocycles. The largest absolute Gasteiger partial charge is 0.471 e. The second-order valence-electron chi connectivity index (χ2n) is 4.44. The van der Waals surface area contributed by atoms with Crippen molar-refractivity contribution in [3.63, 3.8) is 0 Å². The predicted molar refractivity (Wildman–Crippen MR) is 72.9 cm³/mol. The Morgan fingerprint density at radius 1 is 1.41 bits per heavy atom. The molecule has 0 amide bonds. The van der Waals surface area contributed by atoms with Gasteiger partial charge in [-0.15, -0.1) is 0 Å². The fourth-order valence-electron chi connectivity index (χ4n) is 1.81. The summed E-state index contributed by atoms with van der Waals surface area (Å²) in [6.07, 6.45) is 5.18. The van der Waals surface area contributed by atoms with Gasteiger partial charge in [-0.2, -0.15) is 0 Å². The van der Waals surface area contributed by atoms with E-state index in [9.17, 15) is 8.42 Å². The van der Waals surface area contributed by atoms with Crippen LogP contribution in [0.25, 0.3) is 0 Å². The Kier molecular flexibility index (Phi) is 6.19. The van der Waals surface area contributed by atoms with E-state index in [1.165, 1.54) is 12.8 Å². The number of sulfone groups is 1. The van der Waals surface area contributed by atoms with Crippen molar-refractivity contribution >= 4 is 27.2 Å². The Hall–Kier alpha value is -0.360. The Balaban J connectivity index is 2.09. The zero-order valence-corrected chi connectivity index (χ0v) is 11.9. The SMILES string of the molecule is CCCCCCOC(=S)NC1CCS(=O)(=O)C1. The number of hydrogen-bond donors (Lipinski definition) is 1. The van der Waals surface area contributed by atoms with E-state index >= 15 is 0 Å². The lowest BCUT2D eigenvalue weighted by molar-refractivity contribution is 0.283. The van der Waals surface area contributed by atoms with E-state index in [0.717, 1.165) is 12.8 Å². The fraction of sp³-hybridized carbons (Fsp3) is 0.909. The number of nitrogens with one attached hydrogen (secondary N) is 1. The Morgan fingerprint density at radius 2 is 2.18 bits per heavy atom. The van der Waals surface area contributed by atoms with Crippen LogP contribution in [0.3, 0.4) is 0 Å². The minimum atomic E-state index is -2.85. The van der Waals surface area contributed by atoms with Gasteiger partial charge in [-0.25, -0.2) is 8.42 Å². The molecule has 6 heteroatoms. The third kappa shape index (κ3) is 6.21. The van der Waals surface area contributed by atoms with Crippen LogP contribution in [0, 0.1) is 0 Å². The summed E-state index contributed by atoms with van der Waals surface area (Å²) in [4.78, 5) is 0. The summed E-state index contributed by atoms with van der Waals surface area (Å²) >= 11 is 5.02. The molecule has 1 fully saturated rings. The van der Waals surface area contributed by atoms with Crippen molar-refractivity contribution in [3.05, 3.63) is 0 Å². The van der Waals surface area contributed by atoms with Gasteiger partial charge in [0.05, 0.1) is 18.1 Å². The van der Waals surface area contributed by atoms with E-state index in [0.29, 0.717) is 18.2 Å². The average Bonchev–Trinajstić information content (AvgIpc) is 2.57. The number of ether oxygens (including phenoxy) is 1. The molecule has 0 spiro atoms. The maximum absolute atomic E-state index is 11.2. The smallest absolute Gasteiger partial charge is 0.256 e. The summed E-state index contributed by atoms with van der Waals surface area (Å²) in [6, 6.07) is -0.0665. The molecule has 1 heterocycles. The van der Waals surface area contributed by atoms with Crippen LogP contribution < -0.4 is 5.32 Å². The van der Waals surface area contributed by atoms with Crippen molar-refractivity contribution in [1.29, 1.82) is 0 Å². The molecule has 0 radical (unpaired) electrons. The normalized spacial score (nSPS) is 22.3. The summed E-state index contributed by atoms with van der Waals surface area (Å²) in [5.41, 5.74) is 0. The van der Waals surface area contributed by atoms with E-state index in [-0.39, 0.29) is 17.5 Å². The van der Waals surface area contributed by atoms with Gasteiger partial charge in [0.1, 0.15) is 0 Å². The molecule has 0 bridgehead atoms. The van der Waals surface area contributed by atoms with E-state index in [1.54, 1.807) is 0 Å². The summed E-state index contributed by atoms with van der Waals surface area (Å²) in [7, 11) is -2.85. The quantitative estimate of drug-likeness (QED) is 0.592. The van der Waals surface area contributed by atoms with Crippen LogP contribution >= 0.6 is 12.2 Å². The predicted octanol–water partition coefficient (Wildman–Crippen LogP) is 1.64. The maximum Gasteiger partial charge on any atom is 0.256 e. The van der Waals surface area contributed by atoms with Gasteiger partial charge < -0.3 is 10.1 Å². The molecule has 4 nitrogen and oxygen atoms in total. The van der Waals surface area contributed by atoms with Gasteiger partial charge in [-0.1, -0.05) is 26.2 Å². The molecule has 0 aromatic rings. The zero-order valence-electron chi connectivity index (χ0n) is 10.3. The number of thiocarbonyl (C=S) groups is 1. The third-order valence-electron chi connectivity index (χ3n) is 2.79. The standard InChI is InChI=1S/C11H21NO3S2/c1-2-3-4-5-7-15-11(16)12-10-6-8-17(13,14)9-10/h10H,2-9H2,1H3,(H,12,16). The van der Waals surface area contributed by atoms with Crippen LogP contribution in [0.15, 0.2) is 0 Å². The molecule has 1 atom stereocenters. The van der Waals surface area contributed by atoms with Gasteiger partial charge in [-0.05, 0) is 25.1 Å². The van der Waals surface area contributed by atoms with Crippen LogP contribution in [-0.2, 0) is 14.6 Å². The molecule has 1 saturated heterocycles. The highest BCUT2D eigenvalue weighted by molar-refractivity contribution is 7.91. The summed E-state index contributed by atoms with van der Waals surface area (Å²) in [5, 5.41) is 3.29. The van der Waals surface area contributed by atoms with E-state index in [2.05, 4.69) is 12.2 Å². The van der Waals surface area contributed by atoms with Crippen LogP contribution in [0.5, 0.6) is 0 Å². The van der Waals surface area contributed by atoms with Crippen molar-refractivity contribution in [2.75, 3.05) is 18.1 Å². The molecule has 1 rings (SSSR count).